The number of hydrogen-bond donors (Lipinski definition) is 1. The number of ether oxygens (including phenoxy) is 1. The molecule has 5 nitrogen and oxygen atoms in total. The molecule has 0 fully saturated rings. The summed E-state index contributed by atoms with van der Waals surface area (Å²) < 4.78 is 28.9. The zero-order valence-corrected chi connectivity index (χ0v) is 12.9. The summed E-state index contributed by atoms with van der Waals surface area (Å²) in [4.78, 5) is 2.30. The van der Waals surface area contributed by atoms with Crippen molar-refractivity contribution in [3.8, 4) is 0 Å². The summed E-state index contributed by atoms with van der Waals surface area (Å²) in [5, 5.41) is 9.07. The van der Waals surface area contributed by atoms with E-state index in [1.54, 1.807) is 31.4 Å². The summed E-state index contributed by atoms with van der Waals surface area (Å²) in [5.74, 6) is 0.163. The van der Waals surface area contributed by atoms with E-state index in [0.29, 0.717) is 31.0 Å². The first-order valence-electron chi connectivity index (χ1n) is 6.72. The highest BCUT2D eigenvalue weighted by molar-refractivity contribution is 7.91. The summed E-state index contributed by atoms with van der Waals surface area (Å²) in [7, 11) is -1.55. The lowest BCUT2D eigenvalue weighted by molar-refractivity contribution is 0.203. The SMILES string of the molecule is CCCS(=O)(=O)c1ccc(N(CCO)CCOC)cc1. The summed E-state index contributed by atoms with van der Waals surface area (Å²) >= 11 is 0. The third-order valence-electron chi connectivity index (χ3n) is 2.97. The monoisotopic (exact) mass is 301 g/mol. The second kappa shape index (κ2) is 8.24. The Bertz CT molecular complexity index is 484. The molecule has 0 radical (unpaired) electrons. The van der Waals surface area contributed by atoms with E-state index >= 15 is 0 Å². The molecular weight excluding hydrogens is 278 g/mol. The number of aliphatic hydroxyl groups excluding tert-OH is 1. The number of sulfone groups is 1. The second-order valence-electron chi connectivity index (χ2n) is 4.52. The smallest absolute Gasteiger partial charge is 0.178 e. The van der Waals surface area contributed by atoms with Crippen molar-refractivity contribution in [2.45, 2.75) is 18.2 Å². The molecule has 0 atom stereocenters. The zero-order chi connectivity index (χ0) is 15.0. The second-order valence-corrected chi connectivity index (χ2v) is 6.63. The van der Waals surface area contributed by atoms with E-state index in [0.717, 1.165) is 5.69 Å². The average Bonchev–Trinajstić information content (AvgIpc) is 2.43. The molecule has 0 spiro atoms. The molecule has 0 aliphatic rings. The first kappa shape index (κ1) is 16.9. The Balaban J connectivity index is 2.87. The van der Waals surface area contributed by atoms with E-state index in [1.807, 2.05) is 11.8 Å². The van der Waals surface area contributed by atoms with Crippen LogP contribution in [0.5, 0.6) is 0 Å². The molecule has 0 saturated heterocycles. The van der Waals surface area contributed by atoms with Gasteiger partial charge >= 0.3 is 0 Å². The van der Waals surface area contributed by atoms with Crippen molar-refractivity contribution in [1.82, 2.24) is 0 Å². The first-order valence-corrected chi connectivity index (χ1v) is 8.38. The third-order valence-corrected chi connectivity index (χ3v) is 4.91. The molecule has 0 aliphatic carbocycles. The van der Waals surface area contributed by atoms with Crippen LogP contribution in [0.15, 0.2) is 29.2 Å². The van der Waals surface area contributed by atoms with Crippen LogP contribution >= 0.6 is 0 Å². The predicted octanol–water partition coefficient (Wildman–Crippen LogP) is 1.32. The molecule has 0 unspecified atom stereocenters. The molecule has 1 aromatic rings. The third kappa shape index (κ3) is 4.77. The highest BCUT2D eigenvalue weighted by atomic mass is 32.2. The zero-order valence-electron chi connectivity index (χ0n) is 12.1. The quantitative estimate of drug-likeness (QED) is 0.745. The molecule has 0 aliphatic heterocycles. The van der Waals surface area contributed by atoms with E-state index in [9.17, 15) is 8.42 Å². The van der Waals surface area contributed by atoms with Gasteiger partial charge in [0.25, 0.3) is 0 Å². The number of hydrogen-bond acceptors (Lipinski definition) is 5. The summed E-state index contributed by atoms with van der Waals surface area (Å²) in [6, 6.07) is 6.79. The van der Waals surface area contributed by atoms with Gasteiger partial charge in [-0.15, -0.1) is 0 Å². The number of benzene rings is 1. The summed E-state index contributed by atoms with van der Waals surface area (Å²) in [5.41, 5.74) is 0.881. The molecule has 20 heavy (non-hydrogen) atoms. The lowest BCUT2D eigenvalue weighted by atomic mass is 10.3. The van der Waals surface area contributed by atoms with Crippen molar-refractivity contribution in [3.63, 3.8) is 0 Å². The van der Waals surface area contributed by atoms with Gasteiger partial charge in [-0.25, -0.2) is 8.42 Å². The number of anilines is 1. The molecule has 0 aromatic heterocycles. The van der Waals surface area contributed by atoms with E-state index in [-0.39, 0.29) is 12.4 Å². The van der Waals surface area contributed by atoms with Gasteiger partial charge in [-0.05, 0) is 30.7 Å². The van der Waals surface area contributed by atoms with E-state index in [2.05, 4.69) is 0 Å². The van der Waals surface area contributed by atoms with Gasteiger partial charge in [0, 0.05) is 25.9 Å². The Morgan fingerprint density at radius 3 is 2.35 bits per heavy atom. The van der Waals surface area contributed by atoms with Crippen molar-refractivity contribution in [2.75, 3.05) is 44.1 Å². The number of nitrogens with zero attached hydrogens (tertiary/aromatic N) is 1. The van der Waals surface area contributed by atoms with E-state index in [1.165, 1.54) is 0 Å². The molecule has 0 amide bonds. The topological polar surface area (TPSA) is 66.8 Å². The van der Waals surface area contributed by atoms with Gasteiger partial charge < -0.3 is 14.7 Å². The van der Waals surface area contributed by atoms with Gasteiger partial charge in [0.1, 0.15) is 0 Å². The highest BCUT2D eigenvalue weighted by Gasteiger charge is 2.13. The minimum Gasteiger partial charge on any atom is -0.395 e. The van der Waals surface area contributed by atoms with Crippen LogP contribution < -0.4 is 4.90 Å². The van der Waals surface area contributed by atoms with E-state index in [4.69, 9.17) is 9.84 Å². The maximum absolute atomic E-state index is 11.9. The maximum Gasteiger partial charge on any atom is 0.178 e. The van der Waals surface area contributed by atoms with Crippen molar-refractivity contribution >= 4 is 15.5 Å². The molecule has 0 saturated carbocycles. The fourth-order valence-electron chi connectivity index (χ4n) is 1.94. The van der Waals surface area contributed by atoms with Crippen LogP contribution in [0.3, 0.4) is 0 Å². The predicted molar refractivity (Wildman–Crippen MR) is 80.0 cm³/mol. The van der Waals surface area contributed by atoms with Crippen molar-refractivity contribution in [2.24, 2.45) is 0 Å². The Kier molecular flexibility index (Phi) is 6.98. The van der Waals surface area contributed by atoms with Crippen molar-refractivity contribution in [3.05, 3.63) is 24.3 Å². The van der Waals surface area contributed by atoms with Crippen LogP contribution in [-0.2, 0) is 14.6 Å². The van der Waals surface area contributed by atoms with Gasteiger partial charge in [-0.2, -0.15) is 0 Å². The molecule has 0 heterocycles. The van der Waals surface area contributed by atoms with Crippen LogP contribution in [0.25, 0.3) is 0 Å². The lowest BCUT2D eigenvalue weighted by Gasteiger charge is -2.23. The number of aliphatic hydroxyl groups is 1. The van der Waals surface area contributed by atoms with E-state index < -0.39 is 9.84 Å². The lowest BCUT2D eigenvalue weighted by Crippen LogP contribution is -2.30. The van der Waals surface area contributed by atoms with Crippen LogP contribution in [0.2, 0.25) is 0 Å². The molecule has 1 aromatic carbocycles. The van der Waals surface area contributed by atoms with Gasteiger partial charge in [0.15, 0.2) is 9.84 Å². The van der Waals surface area contributed by atoms with Crippen LogP contribution in [0, 0.1) is 0 Å². The first-order chi connectivity index (χ1) is 9.55. The standard InChI is InChI=1S/C14H23NO4S/c1-3-12-20(17,18)14-6-4-13(5-7-14)15(8-10-16)9-11-19-2/h4-7,16H,3,8-12H2,1-2H3. The maximum atomic E-state index is 11.9. The van der Waals surface area contributed by atoms with Crippen LogP contribution in [-0.4, -0.2) is 52.7 Å². The van der Waals surface area contributed by atoms with Gasteiger partial charge in [-0.1, -0.05) is 6.92 Å². The van der Waals surface area contributed by atoms with Crippen molar-refractivity contribution in [1.29, 1.82) is 0 Å². The minimum absolute atomic E-state index is 0.0413. The molecule has 114 valence electrons. The Morgan fingerprint density at radius 1 is 1.20 bits per heavy atom. The van der Waals surface area contributed by atoms with Crippen LogP contribution in [0.4, 0.5) is 5.69 Å². The Labute approximate surface area is 121 Å². The molecule has 1 N–H and O–H groups in total. The fourth-order valence-corrected chi connectivity index (χ4v) is 3.27. The highest BCUT2D eigenvalue weighted by Crippen LogP contribution is 2.19. The molecular formula is C14H23NO4S. The number of rotatable bonds is 9. The molecule has 0 bridgehead atoms. The number of methoxy groups -OCH3 is 1. The molecule has 1 rings (SSSR count). The fraction of sp³-hybridized carbons (Fsp3) is 0.571. The van der Waals surface area contributed by atoms with Crippen LogP contribution in [0.1, 0.15) is 13.3 Å². The Morgan fingerprint density at radius 2 is 1.85 bits per heavy atom. The normalized spacial score (nSPS) is 11.6. The van der Waals surface area contributed by atoms with Gasteiger partial charge in [0.2, 0.25) is 0 Å². The van der Waals surface area contributed by atoms with Gasteiger partial charge in [-0.3, -0.25) is 0 Å². The Hall–Kier alpha value is -1.11. The minimum atomic E-state index is -3.17. The van der Waals surface area contributed by atoms with Gasteiger partial charge in [0.05, 0.1) is 23.9 Å². The molecule has 6 heteroatoms. The largest absolute Gasteiger partial charge is 0.395 e. The van der Waals surface area contributed by atoms with Crippen molar-refractivity contribution < 1.29 is 18.3 Å². The summed E-state index contributed by atoms with van der Waals surface area (Å²) in [6.45, 7) is 3.58. The summed E-state index contributed by atoms with van der Waals surface area (Å²) in [6.07, 6.45) is 0.606. The average molecular weight is 301 g/mol.